The van der Waals surface area contributed by atoms with Gasteiger partial charge in [-0.05, 0) is 69.3 Å². The summed E-state index contributed by atoms with van der Waals surface area (Å²) in [6.45, 7) is 6.17. The van der Waals surface area contributed by atoms with Crippen molar-refractivity contribution in [3.8, 4) is 11.5 Å². The number of aromatic nitrogens is 3. The molecule has 0 fully saturated rings. The van der Waals surface area contributed by atoms with Crippen LogP contribution in [-0.2, 0) is 10.0 Å². The minimum atomic E-state index is -3.93. The fourth-order valence-electron chi connectivity index (χ4n) is 3.47. The van der Waals surface area contributed by atoms with Gasteiger partial charge in [0.05, 0.1) is 13.2 Å². The first-order chi connectivity index (χ1) is 17.9. The summed E-state index contributed by atoms with van der Waals surface area (Å²) in [5.74, 6) is 3.12. The van der Waals surface area contributed by atoms with Crippen molar-refractivity contribution < 1.29 is 17.9 Å². The molecule has 2 aromatic heterocycles. The number of aryl methyl sites for hydroxylation is 1. The number of nitrogens with zero attached hydrogens (tertiary/aromatic N) is 3. The van der Waals surface area contributed by atoms with Gasteiger partial charge in [-0.1, -0.05) is 6.07 Å². The monoisotopic (exact) mass is 520 g/mol. The van der Waals surface area contributed by atoms with E-state index in [2.05, 4.69) is 30.3 Å². The van der Waals surface area contributed by atoms with Crippen molar-refractivity contribution in [1.29, 1.82) is 0 Å². The number of nitrogens with one attached hydrogen (secondary N) is 3. The van der Waals surface area contributed by atoms with Crippen molar-refractivity contribution in [2.24, 2.45) is 0 Å². The summed E-state index contributed by atoms with van der Waals surface area (Å²) in [6.07, 6.45) is 1.69. The molecule has 0 spiro atoms. The van der Waals surface area contributed by atoms with E-state index in [1.165, 1.54) is 6.07 Å². The maximum Gasteiger partial charge on any atom is 0.265 e. The molecule has 0 aliphatic rings. The Hall–Kier alpha value is -4.38. The fourth-order valence-corrected chi connectivity index (χ4v) is 4.69. The highest BCUT2D eigenvalue weighted by Gasteiger charge is 2.21. The number of hydrogen-bond donors (Lipinski definition) is 3. The second-order valence-electron chi connectivity index (χ2n) is 7.81. The van der Waals surface area contributed by atoms with Gasteiger partial charge >= 0.3 is 0 Å². The van der Waals surface area contributed by atoms with Crippen molar-refractivity contribution in [2.45, 2.75) is 25.7 Å². The predicted molar refractivity (Wildman–Crippen MR) is 144 cm³/mol. The lowest BCUT2D eigenvalue weighted by Gasteiger charge is -2.15. The van der Waals surface area contributed by atoms with Crippen molar-refractivity contribution in [3.05, 3.63) is 78.8 Å². The molecule has 0 saturated carbocycles. The van der Waals surface area contributed by atoms with Crippen molar-refractivity contribution in [1.82, 2.24) is 15.0 Å². The molecule has 11 heteroatoms. The maximum absolute atomic E-state index is 13.2. The van der Waals surface area contributed by atoms with Crippen LogP contribution in [0.2, 0.25) is 0 Å². The fraction of sp³-hybridized carbons (Fsp3) is 0.192. The quantitative estimate of drug-likeness (QED) is 0.242. The third-order valence-corrected chi connectivity index (χ3v) is 6.39. The standard InChI is InChI=1S/C26H28N6O4S/c1-4-35-21-13-14-22(36-5-2)23(16-21)37(33,34)32-20-11-9-19(10-12-20)30-25-17-26(29-18(3)28-25)31-24-8-6-7-15-27-24/h6-17,32H,4-5H2,1-3H3,(H2,27,28,29,30,31). The van der Waals surface area contributed by atoms with E-state index in [1.54, 1.807) is 62.5 Å². The zero-order chi connectivity index (χ0) is 26.3. The number of benzene rings is 2. The van der Waals surface area contributed by atoms with Crippen LogP contribution in [0.15, 0.2) is 77.8 Å². The van der Waals surface area contributed by atoms with Gasteiger partial charge in [-0.2, -0.15) is 0 Å². The molecule has 0 unspecified atom stereocenters. The van der Waals surface area contributed by atoms with Crippen LogP contribution in [0.1, 0.15) is 19.7 Å². The highest BCUT2D eigenvalue weighted by molar-refractivity contribution is 7.92. The molecule has 0 aliphatic carbocycles. The van der Waals surface area contributed by atoms with Gasteiger partial charge in [0.1, 0.15) is 39.7 Å². The summed E-state index contributed by atoms with van der Waals surface area (Å²) in [7, 11) is -3.93. The molecule has 3 N–H and O–H groups in total. The SMILES string of the molecule is CCOc1ccc(OCC)c(S(=O)(=O)Nc2ccc(Nc3cc(Nc4ccccn4)nc(C)n3)cc2)c1. The van der Waals surface area contributed by atoms with Gasteiger partial charge in [0.25, 0.3) is 10.0 Å². The normalized spacial score (nSPS) is 11.0. The van der Waals surface area contributed by atoms with E-state index in [0.717, 1.165) is 5.69 Å². The van der Waals surface area contributed by atoms with Gasteiger partial charge in [-0.3, -0.25) is 4.72 Å². The Morgan fingerprint density at radius 1 is 0.784 bits per heavy atom. The smallest absolute Gasteiger partial charge is 0.265 e. The average molecular weight is 521 g/mol. The molecule has 0 radical (unpaired) electrons. The first-order valence-electron chi connectivity index (χ1n) is 11.7. The van der Waals surface area contributed by atoms with E-state index in [0.29, 0.717) is 47.9 Å². The molecule has 0 bridgehead atoms. The summed E-state index contributed by atoms with van der Waals surface area (Å²) in [6, 6.07) is 18.9. The summed E-state index contributed by atoms with van der Waals surface area (Å²) in [4.78, 5) is 13.1. The summed E-state index contributed by atoms with van der Waals surface area (Å²) in [5.41, 5.74) is 1.12. The minimum absolute atomic E-state index is 0.00639. The van der Waals surface area contributed by atoms with Crippen LogP contribution >= 0.6 is 0 Å². The van der Waals surface area contributed by atoms with Crippen LogP contribution in [0.4, 0.5) is 28.8 Å². The molecule has 4 aromatic rings. The van der Waals surface area contributed by atoms with Gasteiger partial charge in [0, 0.05) is 29.7 Å². The van der Waals surface area contributed by atoms with E-state index in [1.807, 2.05) is 25.1 Å². The molecule has 2 heterocycles. The van der Waals surface area contributed by atoms with Gasteiger partial charge in [-0.25, -0.2) is 23.4 Å². The Labute approximate surface area is 216 Å². The average Bonchev–Trinajstić information content (AvgIpc) is 2.86. The molecule has 2 aromatic carbocycles. The minimum Gasteiger partial charge on any atom is -0.494 e. The molecule has 37 heavy (non-hydrogen) atoms. The van der Waals surface area contributed by atoms with E-state index >= 15 is 0 Å². The largest absolute Gasteiger partial charge is 0.494 e. The molecular formula is C26H28N6O4S. The molecule has 0 aliphatic heterocycles. The number of rotatable bonds is 11. The topological polar surface area (TPSA) is 127 Å². The summed E-state index contributed by atoms with van der Waals surface area (Å²) in [5, 5.41) is 6.36. The lowest BCUT2D eigenvalue weighted by atomic mass is 10.3. The van der Waals surface area contributed by atoms with E-state index < -0.39 is 10.0 Å². The number of ether oxygens (including phenoxy) is 2. The van der Waals surface area contributed by atoms with Crippen LogP contribution in [0.5, 0.6) is 11.5 Å². The Bertz CT molecular complexity index is 1450. The Balaban J connectivity index is 1.49. The molecule has 4 rings (SSSR count). The summed E-state index contributed by atoms with van der Waals surface area (Å²) >= 11 is 0. The van der Waals surface area contributed by atoms with E-state index in [9.17, 15) is 8.42 Å². The lowest BCUT2D eigenvalue weighted by Crippen LogP contribution is -2.15. The number of sulfonamides is 1. The predicted octanol–water partition coefficient (Wildman–Crippen LogP) is 5.27. The maximum atomic E-state index is 13.2. The van der Waals surface area contributed by atoms with Crippen LogP contribution in [0.3, 0.4) is 0 Å². The Morgan fingerprint density at radius 3 is 2.16 bits per heavy atom. The molecule has 0 saturated heterocycles. The van der Waals surface area contributed by atoms with Crippen LogP contribution in [-0.4, -0.2) is 36.6 Å². The van der Waals surface area contributed by atoms with Crippen LogP contribution in [0.25, 0.3) is 0 Å². The Morgan fingerprint density at radius 2 is 1.49 bits per heavy atom. The number of hydrogen-bond acceptors (Lipinski definition) is 9. The van der Waals surface area contributed by atoms with Gasteiger partial charge in [0.15, 0.2) is 0 Å². The zero-order valence-corrected chi connectivity index (χ0v) is 21.5. The molecular weight excluding hydrogens is 492 g/mol. The van der Waals surface area contributed by atoms with Crippen molar-refractivity contribution in [3.63, 3.8) is 0 Å². The van der Waals surface area contributed by atoms with Crippen molar-refractivity contribution >= 4 is 38.9 Å². The van der Waals surface area contributed by atoms with Gasteiger partial charge < -0.3 is 20.1 Å². The zero-order valence-electron chi connectivity index (χ0n) is 20.7. The van der Waals surface area contributed by atoms with E-state index in [4.69, 9.17) is 9.47 Å². The van der Waals surface area contributed by atoms with Crippen LogP contribution < -0.4 is 24.8 Å². The molecule has 192 valence electrons. The van der Waals surface area contributed by atoms with Crippen molar-refractivity contribution in [2.75, 3.05) is 28.6 Å². The molecule has 0 atom stereocenters. The third kappa shape index (κ3) is 6.85. The first-order valence-corrected chi connectivity index (χ1v) is 13.2. The third-order valence-electron chi connectivity index (χ3n) is 4.98. The second-order valence-corrected chi connectivity index (χ2v) is 9.46. The highest BCUT2D eigenvalue weighted by Crippen LogP contribution is 2.30. The first kappa shape index (κ1) is 25.7. The lowest BCUT2D eigenvalue weighted by molar-refractivity contribution is 0.322. The number of anilines is 5. The van der Waals surface area contributed by atoms with Crippen LogP contribution in [0, 0.1) is 6.92 Å². The summed E-state index contributed by atoms with van der Waals surface area (Å²) < 4.78 is 39.9. The highest BCUT2D eigenvalue weighted by atomic mass is 32.2. The number of pyridine rings is 1. The Kier molecular flexibility index (Phi) is 8.04. The molecule has 10 nitrogen and oxygen atoms in total. The van der Waals surface area contributed by atoms with Gasteiger partial charge in [0.2, 0.25) is 0 Å². The molecule has 0 amide bonds. The van der Waals surface area contributed by atoms with E-state index in [-0.39, 0.29) is 10.6 Å². The second kappa shape index (κ2) is 11.6. The van der Waals surface area contributed by atoms with Gasteiger partial charge in [-0.15, -0.1) is 0 Å².